The zero-order valence-electron chi connectivity index (χ0n) is 15.9. The Morgan fingerprint density at radius 3 is 2.28 bits per heavy atom. The highest BCUT2D eigenvalue weighted by Gasteiger charge is 2.50. The molecule has 1 aliphatic heterocycles. The third kappa shape index (κ3) is 3.17. The molecule has 1 saturated carbocycles. The van der Waals surface area contributed by atoms with Gasteiger partial charge in [0.1, 0.15) is 11.1 Å². The molecule has 1 aromatic heterocycles. The first-order valence-corrected chi connectivity index (χ1v) is 9.81. The van der Waals surface area contributed by atoms with Crippen LogP contribution >= 0.6 is 0 Å². The highest BCUT2D eigenvalue weighted by Crippen LogP contribution is 2.37. The zero-order valence-corrected chi connectivity index (χ0v) is 15.9. The van der Waals surface area contributed by atoms with Gasteiger partial charge < -0.3 is 19.4 Å². The van der Waals surface area contributed by atoms with Crippen molar-refractivity contribution in [3.63, 3.8) is 0 Å². The van der Waals surface area contributed by atoms with Crippen molar-refractivity contribution in [3.8, 4) is 11.3 Å². The summed E-state index contributed by atoms with van der Waals surface area (Å²) >= 11 is 0. The van der Waals surface area contributed by atoms with Crippen LogP contribution < -0.4 is 0 Å². The lowest BCUT2D eigenvalue weighted by atomic mass is 10.1. The Balaban J connectivity index is 1.27. The molecule has 7 nitrogen and oxygen atoms in total. The minimum absolute atomic E-state index is 0.0591. The molecule has 2 amide bonds. The average molecular weight is 391 g/mol. The number of fused-ring (bicyclic) bond motifs is 1. The predicted molar refractivity (Wildman–Crippen MR) is 106 cm³/mol. The summed E-state index contributed by atoms with van der Waals surface area (Å²) in [6, 6.07) is 15.0. The fourth-order valence-electron chi connectivity index (χ4n) is 3.78. The van der Waals surface area contributed by atoms with Gasteiger partial charge in [-0.2, -0.15) is 0 Å². The Kier molecular flexibility index (Phi) is 4.13. The van der Waals surface area contributed by atoms with Crippen molar-refractivity contribution in [3.05, 3.63) is 54.1 Å². The number of nitrogens with zero attached hydrogens (tertiary/aromatic N) is 3. The van der Waals surface area contributed by atoms with Gasteiger partial charge in [-0.25, -0.2) is 0 Å². The van der Waals surface area contributed by atoms with E-state index in [-0.39, 0.29) is 11.8 Å². The molecule has 5 rings (SSSR count). The van der Waals surface area contributed by atoms with E-state index in [0.717, 1.165) is 16.5 Å². The van der Waals surface area contributed by atoms with Gasteiger partial charge in [-0.1, -0.05) is 29.4 Å². The summed E-state index contributed by atoms with van der Waals surface area (Å²) in [7, 11) is 0. The minimum Gasteiger partial charge on any atom is -0.380 e. The maximum atomic E-state index is 12.8. The molecule has 0 atom stereocenters. The largest absolute Gasteiger partial charge is 0.380 e. The van der Waals surface area contributed by atoms with E-state index in [1.54, 1.807) is 21.9 Å². The fourth-order valence-corrected chi connectivity index (χ4v) is 3.78. The molecule has 1 saturated heterocycles. The molecule has 0 unspecified atom stereocenters. The fraction of sp³-hybridized carbons (Fsp3) is 0.318. The first-order chi connectivity index (χ1) is 14.0. The van der Waals surface area contributed by atoms with Gasteiger partial charge in [-0.15, -0.1) is 0 Å². The first-order valence-electron chi connectivity index (χ1n) is 9.81. The Labute approximate surface area is 167 Å². The van der Waals surface area contributed by atoms with Crippen molar-refractivity contribution in [2.24, 2.45) is 0 Å². The molecular weight excluding hydrogens is 370 g/mol. The summed E-state index contributed by atoms with van der Waals surface area (Å²) in [5, 5.41) is 15.0. The summed E-state index contributed by atoms with van der Waals surface area (Å²) in [6.45, 7) is 1.84. The van der Waals surface area contributed by atoms with Crippen LogP contribution in [-0.4, -0.2) is 63.7 Å². The van der Waals surface area contributed by atoms with Crippen LogP contribution in [0.3, 0.4) is 0 Å². The Morgan fingerprint density at radius 2 is 1.59 bits per heavy atom. The molecule has 1 N–H and O–H groups in total. The van der Waals surface area contributed by atoms with Crippen LogP contribution in [-0.2, 0) is 4.79 Å². The van der Waals surface area contributed by atoms with Gasteiger partial charge in [0, 0.05) is 42.7 Å². The molecule has 0 spiro atoms. The van der Waals surface area contributed by atoms with Gasteiger partial charge >= 0.3 is 0 Å². The van der Waals surface area contributed by atoms with Crippen LogP contribution in [0.1, 0.15) is 23.2 Å². The second-order valence-electron chi connectivity index (χ2n) is 7.72. The van der Waals surface area contributed by atoms with Gasteiger partial charge in [0.2, 0.25) is 0 Å². The third-order valence-electron chi connectivity index (χ3n) is 5.75. The maximum Gasteiger partial charge on any atom is 0.254 e. The molecule has 2 aliphatic rings. The van der Waals surface area contributed by atoms with Gasteiger partial charge in [-0.05, 0) is 37.1 Å². The van der Waals surface area contributed by atoms with Crippen LogP contribution in [0.25, 0.3) is 22.2 Å². The van der Waals surface area contributed by atoms with Gasteiger partial charge in [-0.3, -0.25) is 9.59 Å². The van der Waals surface area contributed by atoms with E-state index in [4.69, 9.17) is 4.52 Å². The molecule has 29 heavy (non-hydrogen) atoms. The van der Waals surface area contributed by atoms with Crippen molar-refractivity contribution < 1.29 is 19.2 Å². The SMILES string of the molecule is O=C(c1ccc(-c2onc3ccccc23)cc1)N1CCN(C(=O)C2(O)CC2)CC1. The lowest BCUT2D eigenvalue weighted by molar-refractivity contribution is -0.143. The van der Waals surface area contributed by atoms with E-state index >= 15 is 0 Å². The monoisotopic (exact) mass is 391 g/mol. The summed E-state index contributed by atoms with van der Waals surface area (Å²) in [4.78, 5) is 28.5. The lowest BCUT2D eigenvalue weighted by Gasteiger charge is -2.35. The standard InChI is InChI=1S/C22H21N3O4/c26-20(24-11-13-25(14-12-24)21(27)22(28)9-10-22)16-7-5-15(6-8-16)19-17-3-1-2-4-18(17)23-29-19/h1-8,28H,9-14H2. The second kappa shape index (κ2) is 6.70. The van der Waals surface area contributed by atoms with Crippen molar-refractivity contribution in [2.75, 3.05) is 26.2 Å². The molecule has 2 aromatic carbocycles. The number of carbonyl (C=O) groups is 2. The molecule has 2 fully saturated rings. The highest BCUT2D eigenvalue weighted by molar-refractivity contribution is 5.96. The Bertz CT molecular complexity index is 1080. The van der Waals surface area contributed by atoms with Crippen molar-refractivity contribution in [1.29, 1.82) is 0 Å². The summed E-state index contributed by atoms with van der Waals surface area (Å²) in [5.41, 5.74) is 1.11. The van der Waals surface area contributed by atoms with Crippen molar-refractivity contribution in [1.82, 2.24) is 15.0 Å². The van der Waals surface area contributed by atoms with Crippen LogP contribution in [0.15, 0.2) is 53.1 Å². The van der Waals surface area contributed by atoms with Gasteiger partial charge in [0.25, 0.3) is 11.8 Å². The first kappa shape index (κ1) is 17.9. The molecule has 1 aliphatic carbocycles. The number of amides is 2. The number of piperazine rings is 1. The number of hydrogen-bond donors (Lipinski definition) is 1. The normalized spacial score (nSPS) is 18.1. The molecule has 0 radical (unpaired) electrons. The van der Waals surface area contributed by atoms with Crippen LogP contribution in [0.4, 0.5) is 0 Å². The number of hydrogen-bond acceptors (Lipinski definition) is 5. The van der Waals surface area contributed by atoms with Crippen LogP contribution in [0, 0.1) is 0 Å². The topological polar surface area (TPSA) is 86.9 Å². The van der Waals surface area contributed by atoms with E-state index in [1.807, 2.05) is 36.4 Å². The second-order valence-corrected chi connectivity index (χ2v) is 7.72. The number of rotatable bonds is 3. The highest BCUT2D eigenvalue weighted by atomic mass is 16.5. The quantitative estimate of drug-likeness (QED) is 0.740. The Morgan fingerprint density at radius 1 is 0.931 bits per heavy atom. The summed E-state index contributed by atoms with van der Waals surface area (Å²) < 4.78 is 5.48. The zero-order chi connectivity index (χ0) is 20.0. The maximum absolute atomic E-state index is 12.8. The number of aromatic nitrogens is 1. The van der Waals surface area contributed by atoms with Crippen LogP contribution in [0.2, 0.25) is 0 Å². The molecule has 0 bridgehead atoms. The molecular formula is C22H21N3O4. The third-order valence-corrected chi connectivity index (χ3v) is 5.75. The average Bonchev–Trinajstić information content (AvgIpc) is 3.38. The van der Waals surface area contributed by atoms with E-state index in [2.05, 4.69) is 5.16 Å². The minimum atomic E-state index is -1.15. The molecule has 7 heteroatoms. The molecule has 148 valence electrons. The van der Waals surface area contributed by atoms with Crippen LogP contribution in [0.5, 0.6) is 0 Å². The number of benzene rings is 2. The lowest BCUT2D eigenvalue weighted by Crippen LogP contribution is -2.53. The smallest absolute Gasteiger partial charge is 0.254 e. The number of carbonyl (C=O) groups excluding carboxylic acids is 2. The van der Waals surface area contributed by atoms with E-state index in [1.165, 1.54) is 0 Å². The van der Waals surface area contributed by atoms with E-state index < -0.39 is 5.60 Å². The van der Waals surface area contributed by atoms with Gasteiger partial charge in [0.05, 0.1) is 0 Å². The Hall–Kier alpha value is -3.19. The number of aliphatic hydroxyl groups is 1. The van der Waals surface area contributed by atoms with Crippen molar-refractivity contribution in [2.45, 2.75) is 18.4 Å². The van der Waals surface area contributed by atoms with Gasteiger partial charge in [0.15, 0.2) is 5.76 Å². The van der Waals surface area contributed by atoms with Crippen molar-refractivity contribution >= 4 is 22.7 Å². The molecule has 2 heterocycles. The van der Waals surface area contributed by atoms with E-state index in [9.17, 15) is 14.7 Å². The molecule has 3 aromatic rings. The summed E-state index contributed by atoms with van der Waals surface area (Å²) in [6.07, 6.45) is 1.08. The van der Waals surface area contributed by atoms with E-state index in [0.29, 0.717) is 50.3 Å². The summed E-state index contributed by atoms with van der Waals surface area (Å²) in [5.74, 6) is 0.425. The predicted octanol–water partition coefficient (Wildman–Crippen LogP) is 2.30.